The van der Waals surface area contributed by atoms with Gasteiger partial charge in [0.05, 0.1) is 4.92 Å². The van der Waals surface area contributed by atoms with Crippen molar-refractivity contribution in [2.45, 2.75) is 24.7 Å². The molecule has 7 nitrogen and oxygen atoms in total. The number of para-hydroxylation sites is 1. The van der Waals surface area contributed by atoms with Crippen LogP contribution in [-0.2, 0) is 16.4 Å². The van der Waals surface area contributed by atoms with E-state index in [4.69, 9.17) is 0 Å². The zero-order chi connectivity index (χ0) is 18.7. The average molecular weight is 375 g/mol. The normalized spacial score (nSPS) is 14.1. The highest BCUT2D eigenvalue weighted by Crippen LogP contribution is 2.28. The fraction of sp³-hybridized carbons (Fsp3) is 0.333. The molecule has 2 aromatic carbocycles. The van der Waals surface area contributed by atoms with Gasteiger partial charge >= 0.3 is 0 Å². The highest BCUT2D eigenvalue weighted by atomic mass is 32.2. The van der Waals surface area contributed by atoms with E-state index in [2.05, 4.69) is 15.7 Å². The summed E-state index contributed by atoms with van der Waals surface area (Å²) in [6.07, 6.45) is 2.04. The summed E-state index contributed by atoms with van der Waals surface area (Å²) in [6.45, 7) is 3.11. The zero-order valence-electron chi connectivity index (χ0n) is 14.5. The van der Waals surface area contributed by atoms with Crippen LogP contribution in [0.25, 0.3) is 0 Å². The van der Waals surface area contributed by atoms with Gasteiger partial charge in [0.25, 0.3) is 5.69 Å². The Bertz CT molecular complexity index is 928. The van der Waals surface area contributed by atoms with Gasteiger partial charge in [-0.1, -0.05) is 30.3 Å². The van der Waals surface area contributed by atoms with Crippen molar-refractivity contribution < 1.29 is 13.3 Å². The topological polar surface area (TPSA) is 92.5 Å². The molecule has 0 radical (unpaired) electrons. The molecule has 0 aromatic heterocycles. The molecule has 2 aromatic rings. The van der Waals surface area contributed by atoms with E-state index in [0.717, 1.165) is 25.1 Å². The number of hydrogen-bond acceptors (Lipinski definition) is 5. The third-order valence-corrected chi connectivity index (χ3v) is 6.19. The Hall–Kier alpha value is -2.45. The minimum Gasteiger partial charge on any atom is -0.370 e. The summed E-state index contributed by atoms with van der Waals surface area (Å²) in [5, 5.41) is 11.2. The van der Waals surface area contributed by atoms with Crippen LogP contribution in [0.4, 0.5) is 11.4 Å². The number of nitro benzene ring substituents is 1. The summed E-state index contributed by atoms with van der Waals surface area (Å²) in [6, 6.07) is 12.3. The third kappa shape index (κ3) is 3.71. The van der Waals surface area contributed by atoms with Crippen LogP contribution in [0.3, 0.4) is 0 Å². The monoisotopic (exact) mass is 375 g/mol. The van der Waals surface area contributed by atoms with Crippen molar-refractivity contribution in [1.82, 2.24) is 4.72 Å². The highest BCUT2D eigenvalue weighted by molar-refractivity contribution is 7.89. The van der Waals surface area contributed by atoms with Crippen molar-refractivity contribution >= 4 is 21.4 Å². The quantitative estimate of drug-likeness (QED) is 0.619. The van der Waals surface area contributed by atoms with Gasteiger partial charge in [-0.2, -0.15) is 0 Å². The lowest BCUT2D eigenvalue weighted by Gasteiger charge is -2.31. The van der Waals surface area contributed by atoms with Crippen LogP contribution in [0.15, 0.2) is 47.4 Å². The van der Waals surface area contributed by atoms with Gasteiger partial charge in [-0.3, -0.25) is 10.1 Å². The maximum absolute atomic E-state index is 12.6. The van der Waals surface area contributed by atoms with Crippen molar-refractivity contribution in [3.63, 3.8) is 0 Å². The van der Waals surface area contributed by atoms with Crippen LogP contribution in [0, 0.1) is 17.0 Å². The van der Waals surface area contributed by atoms with Gasteiger partial charge in [-0.15, -0.1) is 0 Å². The molecule has 0 atom stereocenters. The van der Waals surface area contributed by atoms with Crippen molar-refractivity contribution in [3.8, 4) is 0 Å². The van der Waals surface area contributed by atoms with Gasteiger partial charge in [-0.05, 0) is 37.0 Å². The van der Waals surface area contributed by atoms with E-state index >= 15 is 0 Å². The van der Waals surface area contributed by atoms with Gasteiger partial charge in [0.15, 0.2) is 4.90 Å². The maximum atomic E-state index is 12.6. The number of nitrogens with zero attached hydrogens (tertiary/aromatic N) is 2. The van der Waals surface area contributed by atoms with Crippen LogP contribution in [-0.4, -0.2) is 33.0 Å². The fourth-order valence-corrected chi connectivity index (χ4v) is 4.78. The Balaban J connectivity index is 1.74. The van der Waals surface area contributed by atoms with E-state index in [1.54, 1.807) is 13.0 Å². The molecule has 1 aliphatic rings. The minimum atomic E-state index is -3.96. The van der Waals surface area contributed by atoms with E-state index in [9.17, 15) is 18.5 Å². The Morgan fingerprint density at radius 1 is 1.19 bits per heavy atom. The van der Waals surface area contributed by atoms with E-state index in [1.165, 1.54) is 17.7 Å². The second kappa shape index (κ2) is 7.43. The lowest BCUT2D eigenvalue weighted by molar-refractivity contribution is -0.387. The van der Waals surface area contributed by atoms with E-state index < -0.39 is 20.6 Å². The molecule has 3 rings (SSSR count). The summed E-state index contributed by atoms with van der Waals surface area (Å²) >= 11 is 0. The van der Waals surface area contributed by atoms with Crippen molar-refractivity contribution in [2.75, 3.05) is 24.5 Å². The Morgan fingerprint density at radius 2 is 1.96 bits per heavy atom. The van der Waals surface area contributed by atoms with Crippen LogP contribution in [0.1, 0.15) is 17.5 Å². The maximum Gasteiger partial charge on any atom is 0.289 e. The largest absolute Gasteiger partial charge is 0.370 e. The molecule has 0 bridgehead atoms. The minimum absolute atomic E-state index is 0.183. The molecule has 1 aliphatic heterocycles. The lowest BCUT2D eigenvalue weighted by Crippen LogP contribution is -2.37. The number of hydrogen-bond donors (Lipinski definition) is 1. The summed E-state index contributed by atoms with van der Waals surface area (Å²) in [5.41, 5.74) is 2.34. The molecule has 138 valence electrons. The van der Waals surface area contributed by atoms with Gasteiger partial charge in [0.2, 0.25) is 10.0 Å². The number of anilines is 1. The van der Waals surface area contributed by atoms with E-state index in [-0.39, 0.29) is 11.4 Å². The van der Waals surface area contributed by atoms with Crippen molar-refractivity contribution in [1.29, 1.82) is 0 Å². The number of fused-ring (bicyclic) bond motifs is 1. The zero-order valence-corrected chi connectivity index (χ0v) is 15.3. The standard InChI is InChI=1S/C18H21N3O4S/c1-14-6-4-10-17(21(22)23)18(14)26(24,25)19-11-13-20-12-5-8-15-7-2-3-9-16(15)20/h2-4,6-7,9-10,19H,5,8,11-13H2,1H3. The molecule has 0 saturated carbocycles. The van der Waals surface area contributed by atoms with Crippen molar-refractivity contribution in [2.24, 2.45) is 0 Å². The number of nitrogens with one attached hydrogen (secondary N) is 1. The smallest absolute Gasteiger partial charge is 0.289 e. The third-order valence-electron chi connectivity index (χ3n) is 4.54. The summed E-state index contributed by atoms with van der Waals surface area (Å²) < 4.78 is 27.8. The first-order valence-corrected chi connectivity index (χ1v) is 9.95. The summed E-state index contributed by atoms with van der Waals surface area (Å²) in [4.78, 5) is 12.4. The van der Waals surface area contributed by atoms with Gasteiger partial charge in [0, 0.05) is 31.4 Å². The molecule has 0 unspecified atom stereocenters. The molecule has 1 heterocycles. The van der Waals surface area contributed by atoms with Crippen LogP contribution in [0.2, 0.25) is 0 Å². The Kier molecular flexibility index (Phi) is 5.24. The predicted molar refractivity (Wildman–Crippen MR) is 100.0 cm³/mol. The number of nitro groups is 1. The average Bonchev–Trinajstić information content (AvgIpc) is 2.61. The molecule has 0 amide bonds. The van der Waals surface area contributed by atoms with Crippen LogP contribution >= 0.6 is 0 Å². The first-order chi connectivity index (χ1) is 12.4. The number of rotatable bonds is 6. The molecule has 1 N–H and O–H groups in total. The van der Waals surface area contributed by atoms with Crippen LogP contribution < -0.4 is 9.62 Å². The van der Waals surface area contributed by atoms with Gasteiger partial charge in [0.1, 0.15) is 0 Å². The molecule has 26 heavy (non-hydrogen) atoms. The molecule has 0 saturated heterocycles. The number of benzene rings is 2. The second-order valence-corrected chi connectivity index (χ2v) is 8.00. The number of aryl methyl sites for hydroxylation is 2. The molecular weight excluding hydrogens is 354 g/mol. The summed E-state index contributed by atoms with van der Waals surface area (Å²) in [7, 11) is -3.96. The summed E-state index contributed by atoms with van der Waals surface area (Å²) in [5.74, 6) is 0. The Labute approximate surface area is 152 Å². The second-order valence-electron chi connectivity index (χ2n) is 6.30. The molecule has 0 aliphatic carbocycles. The van der Waals surface area contributed by atoms with Crippen molar-refractivity contribution in [3.05, 3.63) is 63.7 Å². The lowest BCUT2D eigenvalue weighted by atomic mass is 10.0. The van der Waals surface area contributed by atoms with E-state index in [0.29, 0.717) is 12.1 Å². The number of sulfonamides is 1. The van der Waals surface area contributed by atoms with Gasteiger partial charge in [-0.25, -0.2) is 13.1 Å². The predicted octanol–water partition coefficient (Wildman–Crippen LogP) is 2.63. The Morgan fingerprint density at radius 3 is 2.73 bits per heavy atom. The molecule has 0 fully saturated rings. The van der Waals surface area contributed by atoms with E-state index in [1.807, 2.05) is 18.2 Å². The molecule has 0 spiro atoms. The molecular formula is C18H21N3O4S. The highest BCUT2D eigenvalue weighted by Gasteiger charge is 2.27. The van der Waals surface area contributed by atoms with Crippen LogP contribution in [0.5, 0.6) is 0 Å². The first kappa shape index (κ1) is 18.3. The van der Waals surface area contributed by atoms with Gasteiger partial charge < -0.3 is 4.90 Å². The SMILES string of the molecule is Cc1cccc([N+](=O)[O-])c1S(=O)(=O)NCCN1CCCc2ccccc21. The fourth-order valence-electron chi connectivity index (χ4n) is 3.36. The first-order valence-electron chi connectivity index (χ1n) is 8.46. The molecule has 8 heteroatoms.